The fraction of sp³-hybridized carbons (Fsp3) is 0.381. The van der Waals surface area contributed by atoms with Crippen LogP contribution in [0.25, 0.3) is 0 Å². The first-order chi connectivity index (χ1) is 12.1. The predicted octanol–water partition coefficient (Wildman–Crippen LogP) is 4.04. The zero-order valence-electron chi connectivity index (χ0n) is 14.9. The zero-order valence-corrected chi connectivity index (χ0v) is 14.9. The maximum atomic E-state index is 14.1. The number of halogens is 1. The molecule has 25 heavy (non-hydrogen) atoms. The maximum absolute atomic E-state index is 14.1. The number of carbonyl (C=O) groups excluding carboxylic acids is 1. The molecule has 1 amide bonds. The normalized spacial score (nSPS) is 17.2. The zero-order chi connectivity index (χ0) is 17.8. The van der Waals surface area contributed by atoms with Crippen LogP contribution in [0.2, 0.25) is 0 Å². The first-order valence-corrected chi connectivity index (χ1v) is 8.90. The summed E-state index contributed by atoms with van der Waals surface area (Å²) in [5.41, 5.74) is 2.56. The van der Waals surface area contributed by atoms with E-state index in [4.69, 9.17) is 0 Å². The van der Waals surface area contributed by atoms with E-state index in [-0.39, 0.29) is 17.8 Å². The van der Waals surface area contributed by atoms with E-state index in [0.29, 0.717) is 6.54 Å². The fourth-order valence-electron chi connectivity index (χ4n) is 3.50. The molecule has 0 bridgehead atoms. The van der Waals surface area contributed by atoms with Crippen molar-refractivity contribution in [1.29, 1.82) is 0 Å². The van der Waals surface area contributed by atoms with Gasteiger partial charge in [-0.05, 0) is 38.5 Å². The van der Waals surface area contributed by atoms with Gasteiger partial charge in [0, 0.05) is 43.3 Å². The lowest BCUT2D eigenvalue weighted by molar-refractivity contribution is 0.0758. The summed E-state index contributed by atoms with van der Waals surface area (Å²) in [7, 11) is 0. The largest absolute Gasteiger partial charge is 0.337 e. The van der Waals surface area contributed by atoms with Gasteiger partial charge in [0.05, 0.1) is 0 Å². The second-order valence-corrected chi connectivity index (χ2v) is 6.75. The molecule has 0 aromatic heterocycles. The molecule has 1 heterocycles. The van der Waals surface area contributed by atoms with E-state index >= 15 is 0 Å². The van der Waals surface area contributed by atoms with Crippen LogP contribution in [0, 0.1) is 12.7 Å². The van der Waals surface area contributed by atoms with Crippen molar-refractivity contribution in [3.05, 3.63) is 71.0 Å². The molecule has 3 rings (SSSR count). The van der Waals surface area contributed by atoms with Crippen molar-refractivity contribution in [2.75, 3.05) is 26.2 Å². The summed E-state index contributed by atoms with van der Waals surface area (Å²) in [6.45, 7) is 7.08. The van der Waals surface area contributed by atoms with Gasteiger partial charge in [0.2, 0.25) is 0 Å². The molecule has 1 aliphatic heterocycles. The summed E-state index contributed by atoms with van der Waals surface area (Å²) in [6.07, 6.45) is 0.899. The van der Waals surface area contributed by atoms with Crippen molar-refractivity contribution in [2.24, 2.45) is 0 Å². The maximum Gasteiger partial charge on any atom is 0.253 e. The van der Waals surface area contributed by atoms with Gasteiger partial charge in [0.15, 0.2) is 0 Å². The van der Waals surface area contributed by atoms with E-state index in [9.17, 15) is 9.18 Å². The molecule has 132 valence electrons. The first-order valence-electron chi connectivity index (χ1n) is 8.90. The Kier molecular flexibility index (Phi) is 5.49. The van der Waals surface area contributed by atoms with Crippen molar-refractivity contribution in [3.63, 3.8) is 0 Å². The first kappa shape index (κ1) is 17.6. The summed E-state index contributed by atoms with van der Waals surface area (Å²) in [5, 5.41) is 0. The predicted molar refractivity (Wildman–Crippen MR) is 98.1 cm³/mol. The summed E-state index contributed by atoms with van der Waals surface area (Å²) < 4.78 is 14.1. The molecule has 3 nitrogen and oxygen atoms in total. The SMILES string of the molecule is Cc1cccc(C(=O)N2CCCN(C(C)c3ccccc3F)CC2)c1. The highest BCUT2D eigenvalue weighted by molar-refractivity contribution is 5.94. The smallest absolute Gasteiger partial charge is 0.253 e. The van der Waals surface area contributed by atoms with Crippen LogP contribution < -0.4 is 0 Å². The fourth-order valence-corrected chi connectivity index (χ4v) is 3.50. The molecule has 0 spiro atoms. The number of aryl methyl sites for hydroxylation is 1. The van der Waals surface area contributed by atoms with Gasteiger partial charge in [-0.2, -0.15) is 0 Å². The number of nitrogens with zero attached hydrogens (tertiary/aromatic N) is 2. The van der Waals surface area contributed by atoms with Crippen molar-refractivity contribution < 1.29 is 9.18 Å². The Morgan fingerprint density at radius 1 is 1.04 bits per heavy atom. The van der Waals surface area contributed by atoms with Crippen molar-refractivity contribution in [2.45, 2.75) is 26.3 Å². The number of benzene rings is 2. The Hall–Kier alpha value is -2.20. The Morgan fingerprint density at radius 2 is 1.84 bits per heavy atom. The van der Waals surface area contributed by atoms with Crippen molar-refractivity contribution in [1.82, 2.24) is 9.80 Å². The lowest BCUT2D eigenvalue weighted by atomic mass is 10.1. The number of carbonyl (C=O) groups is 1. The standard InChI is InChI=1S/C21H25FN2O/c1-16-7-5-8-18(15-16)21(25)24-12-6-11-23(13-14-24)17(2)19-9-3-4-10-20(19)22/h3-5,7-10,15,17H,6,11-14H2,1-2H3. The third-order valence-corrected chi connectivity index (χ3v) is 4.99. The summed E-state index contributed by atoms with van der Waals surface area (Å²) >= 11 is 0. The molecule has 2 aromatic rings. The molecule has 0 N–H and O–H groups in total. The van der Waals surface area contributed by atoms with Crippen LogP contribution in [0.4, 0.5) is 4.39 Å². The van der Waals surface area contributed by atoms with Crippen LogP contribution in [0.3, 0.4) is 0 Å². The van der Waals surface area contributed by atoms with E-state index in [1.165, 1.54) is 6.07 Å². The number of hydrogen-bond acceptors (Lipinski definition) is 2. The lowest BCUT2D eigenvalue weighted by Crippen LogP contribution is -2.36. The Labute approximate surface area is 149 Å². The summed E-state index contributed by atoms with van der Waals surface area (Å²) in [5.74, 6) is -0.0731. The van der Waals surface area contributed by atoms with E-state index in [1.807, 2.05) is 55.1 Å². The van der Waals surface area contributed by atoms with Crippen molar-refractivity contribution >= 4 is 5.91 Å². The van der Waals surface area contributed by atoms with Crippen LogP contribution in [-0.2, 0) is 0 Å². The monoisotopic (exact) mass is 340 g/mol. The van der Waals surface area contributed by atoms with E-state index in [2.05, 4.69) is 4.90 Å². The molecule has 0 saturated carbocycles. The molecule has 1 saturated heterocycles. The number of hydrogen-bond donors (Lipinski definition) is 0. The lowest BCUT2D eigenvalue weighted by Gasteiger charge is -2.28. The van der Waals surface area contributed by atoms with Gasteiger partial charge in [-0.3, -0.25) is 9.69 Å². The molecule has 1 atom stereocenters. The van der Waals surface area contributed by atoms with Crippen LogP contribution >= 0.6 is 0 Å². The third-order valence-electron chi connectivity index (χ3n) is 4.99. The van der Waals surface area contributed by atoms with Crippen LogP contribution in [0.15, 0.2) is 48.5 Å². The molecule has 0 aliphatic carbocycles. The topological polar surface area (TPSA) is 23.6 Å². The summed E-state index contributed by atoms with van der Waals surface area (Å²) in [6, 6.07) is 14.7. The molecule has 0 radical (unpaired) electrons. The van der Waals surface area contributed by atoms with Crippen molar-refractivity contribution in [3.8, 4) is 0 Å². The third kappa shape index (κ3) is 4.07. The second-order valence-electron chi connectivity index (χ2n) is 6.75. The Bertz CT molecular complexity index is 746. The molecule has 2 aromatic carbocycles. The highest BCUT2D eigenvalue weighted by atomic mass is 19.1. The molecular weight excluding hydrogens is 315 g/mol. The van der Waals surface area contributed by atoms with Gasteiger partial charge >= 0.3 is 0 Å². The molecular formula is C21H25FN2O. The van der Waals surface area contributed by atoms with Crippen LogP contribution in [0.1, 0.15) is 40.9 Å². The van der Waals surface area contributed by atoms with Crippen LogP contribution in [-0.4, -0.2) is 41.9 Å². The van der Waals surface area contributed by atoms with Gasteiger partial charge in [-0.1, -0.05) is 35.9 Å². The minimum absolute atomic E-state index is 0.00946. The second kappa shape index (κ2) is 7.79. The quantitative estimate of drug-likeness (QED) is 0.842. The minimum Gasteiger partial charge on any atom is -0.337 e. The van der Waals surface area contributed by atoms with Crippen LogP contribution in [0.5, 0.6) is 0 Å². The molecule has 1 aliphatic rings. The van der Waals surface area contributed by atoms with E-state index in [0.717, 1.165) is 42.7 Å². The minimum atomic E-state index is -0.160. The van der Waals surface area contributed by atoms with Gasteiger partial charge in [0.25, 0.3) is 5.91 Å². The number of rotatable bonds is 3. The molecule has 1 fully saturated rings. The Morgan fingerprint density at radius 3 is 2.60 bits per heavy atom. The Balaban J connectivity index is 1.68. The van der Waals surface area contributed by atoms with E-state index in [1.54, 1.807) is 6.07 Å². The van der Waals surface area contributed by atoms with Gasteiger partial charge in [0.1, 0.15) is 5.82 Å². The van der Waals surface area contributed by atoms with E-state index < -0.39 is 0 Å². The highest BCUT2D eigenvalue weighted by Gasteiger charge is 2.24. The molecule has 4 heteroatoms. The number of amides is 1. The highest BCUT2D eigenvalue weighted by Crippen LogP contribution is 2.24. The summed E-state index contributed by atoms with van der Waals surface area (Å²) in [4.78, 5) is 16.9. The average molecular weight is 340 g/mol. The molecule has 1 unspecified atom stereocenters. The van der Waals surface area contributed by atoms with Gasteiger partial charge in [-0.15, -0.1) is 0 Å². The van der Waals surface area contributed by atoms with Gasteiger partial charge in [-0.25, -0.2) is 4.39 Å². The average Bonchev–Trinajstić information content (AvgIpc) is 2.87. The van der Waals surface area contributed by atoms with Gasteiger partial charge < -0.3 is 4.90 Å².